The summed E-state index contributed by atoms with van der Waals surface area (Å²) in [6, 6.07) is 16.7. The number of amides is 1. The molecule has 29 heavy (non-hydrogen) atoms. The number of carbonyl (C=O) groups is 1. The number of rotatable bonds is 7. The van der Waals surface area contributed by atoms with Gasteiger partial charge in [-0.3, -0.25) is 4.79 Å². The summed E-state index contributed by atoms with van der Waals surface area (Å²) in [5.74, 6) is 1.25. The molecule has 0 unspecified atom stereocenters. The summed E-state index contributed by atoms with van der Waals surface area (Å²) in [6.07, 6.45) is 3.25. The molecule has 0 aliphatic carbocycles. The third-order valence-electron chi connectivity index (χ3n) is 5.41. The highest BCUT2D eigenvalue weighted by Crippen LogP contribution is 2.27. The van der Waals surface area contributed by atoms with Gasteiger partial charge in [-0.25, -0.2) is 4.39 Å². The van der Waals surface area contributed by atoms with Crippen LogP contribution in [0.1, 0.15) is 41.7 Å². The Labute approximate surface area is 169 Å². The first-order valence-corrected chi connectivity index (χ1v) is 10.1. The molecule has 2 heterocycles. The summed E-state index contributed by atoms with van der Waals surface area (Å²) in [5, 5.41) is 8.17. The Morgan fingerprint density at radius 1 is 1.00 bits per heavy atom. The van der Waals surface area contributed by atoms with Crippen LogP contribution >= 0.6 is 0 Å². The van der Waals surface area contributed by atoms with Gasteiger partial charge in [0.05, 0.1) is 0 Å². The van der Waals surface area contributed by atoms with Crippen LogP contribution in [0.5, 0.6) is 0 Å². The molecular formula is C23H24FN3O2. The Hall–Kier alpha value is -3.02. The highest BCUT2D eigenvalue weighted by molar-refractivity contribution is 5.76. The van der Waals surface area contributed by atoms with Crippen LogP contribution < -0.4 is 0 Å². The summed E-state index contributed by atoms with van der Waals surface area (Å²) >= 11 is 0. The number of nitrogens with zero attached hydrogens (tertiary/aromatic N) is 3. The minimum atomic E-state index is -0.234. The number of aromatic nitrogens is 2. The Bertz CT molecular complexity index is 940. The van der Waals surface area contributed by atoms with Gasteiger partial charge in [-0.05, 0) is 36.1 Å². The third kappa shape index (κ3) is 5.08. The molecule has 0 radical (unpaired) electrons. The van der Waals surface area contributed by atoms with Gasteiger partial charge in [-0.1, -0.05) is 42.5 Å². The monoisotopic (exact) mass is 393 g/mol. The van der Waals surface area contributed by atoms with E-state index in [-0.39, 0.29) is 17.6 Å². The maximum atomic E-state index is 13.1. The second kappa shape index (κ2) is 8.99. The summed E-state index contributed by atoms with van der Waals surface area (Å²) in [6.45, 7) is 1.41. The average Bonchev–Trinajstić information content (AvgIpc) is 3.42. The lowest BCUT2D eigenvalue weighted by Crippen LogP contribution is -2.28. The predicted octanol–water partition coefficient (Wildman–Crippen LogP) is 3.94. The van der Waals surface area contributed by atoms with Crippen LogP contribution in [-0.2, 0) is 24.1 Å². The van der Waals surface area contributed by atoms with Crippen molar-refractivity contribution in [3.8, 4) is 0 Å². The van der Waals surface area contributed by atoms with Gasteiger partial charge in [-0.2, -0.15) is 0 Å². The molecule has 1 fully saturated rings. The topological polar surface area (TPSA) is 59.2 Å². The summed E-state index contributed by atoms with van der Waals surface area (Å²) in [5.41, 5.74) is 2.31. The molecule has 6 heteroatoms. The minimum absolute atomic E-state index is 0.0960. The zero-order valence-electron chi connectivity index (χ0n) is 16.3. The van der Waals surface area contributed by atoms with Crippen LogP contribution in [0.25, 0.3) is 0 Å². The third-order valence-corrected chi connectivity index (χ3v) is 5.41. The molecule has 1 aliphatic rings. The van der Waals surface area contributed by atoms with Crippen molar-refractivity contribution in [1.29, 1.82) is 0 Å². The fourth-order valence-corrected chi connectivity index (χ4v) is 3.75. The predicted molar refractivity (Wildman–Crippen MR) is 107 cm³/mol. The number of aryl methyl sites for hydroxylation is 3. The lowest BCUT2D eigenvalue weighted by molar-refractivity contribution is -0.130. The fourth-order valence-electron chi connectivity index (χ4n) is 3.75. The highest BCUT2D eigenvalue weighted by Gasteiger charge is 2.27. The lowest BCUT2D eigenvalue weighted by atomic mass is 9.99. The Kier molecular flexibility index (Phi) is 5.98. The Morgan fingerprint density at radius 2 is 1.72 bits per heavy atom. The first kappa shape index (κ1) is 19.3. The van der Waals surface area contributed by atoms with E-state index in [4.69, 9.17) is 4.42 Å². The van der Waals surface area contributed by atoms with Crippen LogP contribution in [0, 0.1) is 5.82 Å². The molecule has 1 atom stereocenters. The zero-order valence-corrected chi connectivity index (χ0v) is 16.3. The van der Waals surface area contributed by atoms with Crippen LogP contribution in [0.4, 0.5) is 4.39 Å². The smallest absolute Gasteiger partial charge is 0.223 e. The first-order valence-electron chi connectivity index (χ1n) is 10.1. The van der Waals surface area contributed by atoms with E-state index in [2.05, 4.69) is 22.3 Å². The Morgan fingerprint density at radius 3 is 2.48 bits per heavy atom. The minimum Gasteiger partial charge on any atom is -0.425 e. The van der Waals surface area contributed by atoms with E-state index in [1.165, 1.54) is 17.7 Å². The molecule has 0 saturated carbocycles. The molecule has 150 valence electrons. The maximum Gasteiger partial charge on any atom is 0.223 e. The van der Waals surface area contributed by atoms with Gasteiger partial charge in [0.15, 0.2) is 0 Å². The standard InChI is InChI=1S/C23H24FN3O2/c24-20-9-7-18(8-10-20)19-14-15-27(16-19)23(28)13-12-22-26-25-21(29-22)11-6-17-4-2-1-3-5-17/h1-5,7-10,19H,6,11-16H2/t19-/m1/s1. The number of hydrogen-bond donors (Lipinski definition) is 0. The van der Waals surface area contributed by atoms with Crippen LogP contribution in [-0.4, -0.2) is 34.1 Å². The van der Waals surface area contributed by atoms with Crippen LogP contribution in [0.15, 0.2) is 59.0 Å². The number of carbonyl (C=O) groups excluding carboxylic acids is 1. The second-order valence-electron chi connectivity index (χ2n) is 7.45. The van der Waals surface area contributed by atoms with Gasteiger partial charge in [0.1, 0.15) is 5.82 Å². The van der Waals surface area contributed by atoms with Crippen molar-refractivity contribution in [2.45, 2.75) is 38.0 Å². The first-order chi connectivity index (χ1) is 14.2. The van der Waals surface area contributed by atoms with Gasteiger partial charge >= 0.3 is 0 Å². The summed E-state index contributed by atoms with van der Waals surface area (Å²) < 4.78 is 18.8. The SMILES string of the molecule is O=C(CCc1nnc(CCc2ccccc2)o1)N1CC[C@@H](c2ccc(F)cc2)C1. The summed E-state index contributed by atoms with van der Waals surface area (Å²) in [7, 11) is 0. The van der Waals surface area contributed by atoms with Gasteiger partial charge < -0.3 is 9.32 Å². The quantitative estimate of drug-likeness (QED) is 0.610. The zero-order chi connectivity index (χ0) is 20.1. The van der Waals surface area contributed by atoms with E-state index in [1.807, 2.05) is 35.2 Å². The van der Waals surface area contributed by atoms with Crippen LogP contribution in [0.2, 0.25) is 0 Å². The van der Waals surface area contributed by atoms with E-state index >= 15 is 0 Å². The molecule has 5 nitrogen and oxygen atoms in total. The number of hydrogen-bond acceptors (Lipinski definition) is 4. The van der Waals surface area contributed by atoms with Crippen molar-refractivity contribution in [3.63, 3.8) is 0 Å². The molecule has 2 aromatic carbocycles. The van der Waals surface area contributed by atoms with E-state index in [1.54, 1.807) is 0 Å². The molecule has 1 aromatic heterocycles. The largest absolute Gasteiger partial charge is 0.425 e. The molecule has 0 N–H and O–H groups in total. The van der Waals surface area contributed by atoms with Crippen molar-refractivity contribution in [1.82, 2.24) is 15.1 Å². The van der Waals surface area contributed by atoms with Gasteiger partial charge in [0.25, 0.3) is 0 Å². The van der Waals surface area contributed by atoms with E-state index in [0.717, 1.165) is 24.9 Å². The molecule has 1 aliphatic heterocycles. The average molecular weight is 393 g/mol. The molecule has 1 amide bonds. The van der Waals surface area contributed by atoms with E-state index in [0.29, 0.717) is 37.6 Å². The van der Waals surface area contributed by atoms with Crippen molar-refractivity contribution in [2.75, 3.05) is 13.1 Å². The molecular weight excluding hydrogens is 369 g/mol. The molecule has 1 saturated heterocycles. The molecule has 4 rings (SSSR count). The molecule has 0 spiro atoms. The lowest BCUT2D eigenvalue weighted by Gasteiger charge is -2.16. The fraction of sp³-hybridized carbons (Fsp3) is 0.348. The van der Waals surface area contributed by atoms with E-state index < -0.39 is 0 Å². The number of benzene rings is 2. The molecule has 3 aromatic rings. The highest BCUT2D eigenvalue weighted by atomic mass is 19.1. The normalized spacial score (nSPS) is 16.3. The van der Waals surface area contributed by atoms with Gasteiger partial charge in [0.2, 0.25) is 17.7 Å². The van der Waals surface area contributed by atoms with Crippen molar-refractivity contribution < 1.29 is 13.6 Å². The second-order valence-corrected chi connectivity index (χ2v) is 7.45. The van der Waals surface area contributed by atoms with Crippen molar-refractivity contribution in [3.05, 3.63) is 83.3 Å². The maximum absolute atomic E-state index is 13.1. The van der Waals surface area contributed by atoms with Crippen LogP contribution in [0.3, 0.4) is 0 Å². The van der Waals surface area contributed by atoms with Crippen molar-refractivity contribution in [2.24, 2.45) is 0 Å². The molecule has 0 bridgehead atoms. The van der Waals surface area contributed by atoms with Gasteiger partial charge in [-0.15, -0.1) is 10.2 Å². The van der Waals surface area contributed by atoms with E-state index in [9.17, 15) is 9.18 Å². The number of halogens is 1. The van der Waals surface area contributed by atoms with Gasteiger partial charge in [0, 0.05) is 38.3 Å². The number of likely N-dealkylation sites (tertiary alicyclic amines) is 1. The Balaban J connectivity index is 1.24. The van der Waals surface area contributed by atoms with Crippen molar-refractivity contribution >= 4 is 5.91 Å². The summed E-state index contributed by atoms with van der Waals surface area (Å²) in [4.78, 5) is 14.4.